The highest BCUT2D eigenvalue weighted by atomic mass is 19.4. The maximum absolute atomic E-state index is 13.0. The molecule has 0 atom stereocenters. The lowest BCUT2D eigenvalue weighted by atomic mass is 9.63. The monoisotopic (exact) mass is 447 g/mol. The van der Waals surface area contributed by atoms with Gasteiger partial charge in [-0.2, -0.15) is 13.2 Å². The molecule has 4 rings (SSSR count). The summed E-state index contributed by atoms with van der Waals surface area (Å²) in [6, 6.07) is 0.408. The molecule has 31 heavy (non-hydrogen) atoms. The summed E-state index contributed by atoms with van der Waals surface area (Å²) in [7, 11) is 0. The number of carbonyl (C=O) groups excluding carboxylic acids is 2. The van der Waals surface area contributed by atoms with Crippen LogP contribution >= 0.6 is 0 Å². The predicted octanol–water partition coefficient (Wildman–Crippen LogP) is 3.63. The largest absolute Gasteiger partial charge is 0.450 e. The van der Waals surface area contributed by atoms with Crippen LogP contribution in [0.25, 0.3) is 0 Å². The summed E-state index contributed by atoms with van der Waals surface area (Å²) in [6.07, 6.45) is -1.51. The summed E-state index contributed by atoms with van der Waals surface area (Å²) in [5, 5.41) is 0. The van der Waals surface area contributed by atoms with Crippen molar-refractivity contribution in [1.29, 1.82) is 0 Å². The quantitative estimate of drug-likeness (QED) is 0.661. The molecule has 0 aromatic heterocycles. The van der Waals surface area contributed by atoms with Crippen LogP contribution in [-0.4, -0.2) is 89.6 Å². The lowest BCUT2D eigenvalue weighted by molar-refractivity contribution is -0.151. The van der Waals surface area contributed by atoms with E-state index < -0.39 is 30.0 Å². The fourth-order valence-corrected chi connectivity index (χ4v) is 6.06. The van der Waals surface area contributed by atoms with Gasteiger partial charge in [-0.05, 0) is 45.4 Å². The highest BCUT2D eigenvalue weighted by Crippen LogP contribution is 2.52. The van der Waals surface area contributed by atoms with Crippen molar-refractivity contribution < 1.29 is 32.2 Å². The minimum atomic E-state index is -4.46. The van der Waals surface area contributed by atoms with Crippen molar-refractivity contribution in [3.63, 3.8) is 0 Å². The highest BCUT2D eigenvalue weighted by Gasteiger charge is 2.63. The average Bonchev–Trinajstić information content (AvgIpc) is 3.16. The molecule has 0 radical (unpaired) electrons. The van der Waals surface area contributed by atoms with Gasteiger partial charge in [0.05, 0.1) is 12.1 Å². The van der Waals surface area contributed by atoms with Crippen molar-refractivity contribution in [3.05, 3.63) is 0 Å². The van der Waals surface area contributed by atoms with E-state index >= 15 is 0 Å². The second-order valence-electron chi connectivity index (χ2n) is 10.1. The van der Waals surface area contributed by atoms with E-state index in [1.165, 1.54) is 0 Å². The first-order chi connectivity index (χ1) is 14.4. The zero-order valence-corrected chi connectivity index (χ0v) is 18.5. The van der Waals surface area contributed by atoms with E-state index in [-0.39, 0.29) is 11.5 Å². The molecule has 176 valence electrons. The predicted molar refractivity (Wildman–Crippen MR) is 106 cm³/mol. The van der Waals surface area contributed by atoms with Crippen LogP contribution in [0.3, 0.4) is 0 Å². The highest BCUT2D eigenvalue weighted by molar-refractivity contribution is 5.73. The Morgan fingerprint density at radius 2 is 1.81 bits per heavy atom. The summed E-state index contributed by atoms with van der Waals surface area (Å²) < 4.78 is 49.6. The van der Waals surface area contributed by atoms with Gasteiger partial charge in [0.1, 0.15) is 12.1 Å². The smallest absolute Gasteiger partial charge is 0.411 e. The number of alkyl halides is 3. The standard InChI is InChI=1S/C21H32F3N3O4/c1-4-30-16(28)26-8-5-19(13-26)11-15(12-19)25-9-6-20(7-10-25)18(2,3)27(17(29)31-20)14-21(22,23)24/h15H,4-14H2,1-3H3. The Morgan fingerprint density at radius 1 is 1.16 bits per heavy atom. The van der Waals surface area contributed by atoms with Crippen LogP contribution in [0.5, 0.6) is 0 Å². The first kappa shape index (κ1) is 22.5. The molecule has 10 heteroatoms. The molecule has 1 saturated carbocycles. The van der Waals surface area contributed by atoms with Crippen molar-refractivity contribution in [2.24, 2.45) is 5.41 Å². The van der Waals surface area contributed by atoms with Gasteiger partial charge in [-0.25, -0.2) is 9.59 Å². The van der Waals surface area contributed by atoms with Crippen molar-refractivity contribution >= 4 is 12.2 Å². The maximum atomic E-state index is 13.0. The number of piperidine rings is 1. The summed E-state index contributed by atoms with van der Waals surface area (Å²) >= 11 is 0. The number of ether oxygens (including phenoxy) is 2. The fourth-order valence-electron chi connectivity index (χ4n) is 6.06. The van der Waals surface area contributed by atoms with Gasteiger partial charge in [-0.15, -0.1) is 0 Å². The lowest BCUT2D eigenvalue weighted by Gasteiger charge is -2.54. The number of amides is 2. The van der Waals surface area contributed by atoms with Crippen LogP contribution in [0.4, 0.5) is 22.8 Å². The number of halogens is 3. The van der Waals surface area contributed by atoms with Gasteiger partial charge in [0, 0.05) is 45.1 Å². The molecule has 2 amide bonds. The van der Waals surface area contributed by atoms with Gasteiger partial charge >= 0.3 is 18.4 Å². The molecule has 0 N–H and O–H groups in total. The van der Waals surface area contributed by atoms with Gasteiger partial charge in [-0.3, -0.25) is 4.90 Å². The Bertz CT molecular complexity index is 728. The third-order valence-electron chi connectivity index (χ3n) is 8.05. The summed E-state index contributed by atoms with van der Waals surface area (Å²) in [5.41, 5.74) is -1.74. The Balaban J connectivity index is 1.32. The first-order valence-corrected chi connectivity index (χ1v) is 11.1. The van der Waals surface area contributed by atoms with Crippen LogP contribution in [-0.2, 0) is 9.47 Å². The SMILES string of the molecule is CCOC(=O)N1CCC2(CC(N3CCC4(CC3)OC(=O)N(CC(F)(F)F)C4(C)C)C2)C1. The normalized spacial score (nSPS) is 32.5. The Kier molecular flexibility index (Phi) is 5.38. The van der Waals surface area contributed by atoms with Crippen molar-refractivity contribution in [3.8, 4) is 0 Å². The van der Waals surface area contributed by atoms with E-state index in [0.717, 1.165) is 37.3 Å². The van der Waals surface area contributed by atoms with Gasteiger partial charge < -0.3 is 19.3 Å². The second-order valence-corrected chi connectivity index (χ2v) is 10.1. The molecule has 0 bridgehead atoms. The Hall–Kier alpha value is -1.71. The molecular weight excluding hydrogens is 415 g/mol. The molecular formula is C21H32F3N3O4. The molecule has 3 saturated heterocycles. The van der Waals surface area contributed by atoms with E-state index in [1.807, 2.05) is 0 Å². The van der Waals surface area contributed by atoms with Crippen LogP contribution in [0, 0.1) is 5.41 Å². The number of rotatable bonds is 3. The van der Waals surface area contributed by atoms with Crippen molar-refractivity contribution in [1.82, 2.24) is 14.7 Å². The summed E-state index contributed by atoms with van der Waals surface area (Å²) in [6.45, 7) is 7.11. The maximum Gasteiger partial charge on any atom is 0.411 e. The minimum Gasteiger partial charge on any atom is -0.450 e. The number of likely N-dealkylation sites (tertiary alicyclic amines) is 2. The summed E-state index contributed by atoms with van der Waals surface area (Å²) in [4.78, 5) is 29.3. The van der Waals surface area contributed by atoms with Gasteiger partial charge in [0.2, 0.25) is 0 Å². The van der Waals surface area contributed by atoms with E-state index in [1.54, 1.807) is 25.7 Å². The Labute approximate surface area is 180 Å². The molecule has 4 aliphatic rings. The van der Waals surface area contributed by atoms with Crippen LogP contribution in [0.15, 0.2) is 0 Å². The molecule has 0 aromatic carbocycles. The number of carbonyl (C=O) groups is 2. The van der Waals surface area contributed by atoms with E-state index in [4.69, 9.17) is 9.47 Å². The van der Waals surface area contributed by atoms with Crippen molar-refractivity contribution in [2.75, 3.05) is 39.3 Å². The third-order valence-corrected chi connectivity index (χ3v) is 8.05. The fraction of sp³-hybridized carbons (Fsp3) is 0.905. The van der Waals surface area contributed by atoms with Crippen LogP contribution in [0.2, 0.25) is 0 Å². The third kappa shape index (κ3) is 3.85. The molecule has 2 spiro atoms. The average molecular weight is 447 g/mol. The summed E-state index contributed by atoms with van der Waals surface area (Å²) in [5.74, 6) is 0. The molecule has 0 aromatic rings. The van der Waals surface area contributed by atoms with Gasteiger partial charge in [0.25, 0.3) is 0 Å². The first-order valence-electron chi connectivity index (χ1n) is 11.1. The molecule has 7 nitrogen and oxygen atoms in total. The second kappa shape index (κ2) is 7.42. The van der Waals surface area contributed by atoms with E-state index in [9.17, 15) is 22.8 Å². The number of hydrogen-bond donors (Lipinski definition) is 0. The molecule has 3 heterocycles. The van der Waals surface area contributed by atoms with Crippen LogP contribution < -0.4 is 0 Å². The topological polar surface area (TPSA) is 62.3 Å². The zero-order chi connectivity index (χ0) is 22.7. The molecule has 3 aliphatic heterocycles. The zero-order valence-electron chi connectivity index (χ0n) is 18.5. The molecule has 1 aliphatic carbocycles. The number of hydrogen-bond acceptors (Lipinski definition) is 5. The van der Waals surface area contributed by atoms with Crippen molar-refractivity contribution in [2.45, 2.75) is 76.2 Å². The van der Waals surface area contributed by atoms with E-state index in [0.29, 0.717) is 38.6 Å². The van der Waals surface area contributed by atoms with Gasteiger partial charge in [0.15, 0.2) is 0 Å². The molecule has 0 unspecified atom stereocenters. The minimum absolute atomic E-state index is 0.162. The van der Waals surface area contributed by atoms with E-state index in [2.05, 4.69) is 4.90 Å². The number of nitrogens with zero attached hydrogens (tertiary/aromatic N) is 3. The van der Waals surface area contributed by atoms with Crippen LogP contribution in [0.1, 0.15) is 52.9 Å². The molecule has 4 fully saturated rings. The Morgan fingerprint density at radius 3 is 2.39 bits per heavy atom. The van der Waals surface area contributed by atoms with Gasteiger partial charge in [-0.1, -0.05) is 0 Å². The lowest BCUT2D eigenvalue weighted by Crippen LogP contribution is -2.62.